The van der Waals surface area contributed by atoms with Crippen molar-refractivity contribution in [1.82, 2.24) is 10.2 Å². The highest BCUT2D eigenvalue weighted by atomic mass is 19.1. The van der Waals surface area contributed by atoms with Crippen LogP contribution in [0.3, 0.4) is 0 Å². The van der Waals surface area contributed by atoms with Gasteiger partial charge in [0.1, 0.15) is 17.3 Å². The Morgan fingerprint density at radius 3 is 2.65 bits per heavy atom. The first-order valence-corrected chi connectivity index (χ1v) is 9.05. The van der Waals surface area contributed by atoms with Crippen molar-refractivity contribution < 1.29 is 18.3 Å². The number of morpholine rings is 1. The second kappa shape index (κ2) is 8.96. The fraction of sp³-hybridized carbons (Fsp3) is 0.450. The number of rotatable bonds is 7. The molecule has 1 aromatic heterocycles. The van der Waals surface area contributed by atoms with Gasteiger partial charge >= 0.3 is 0 Å². The lowest BCUT2D eigenvalue weighted by molar-refractivity contribution is -0.121. The fourth-order valence-electron chi connectivity index (χ4n) is 3.06. The van der Waals surface area contributed by atoms with Gasteiger partial charge in [0.05, 0.1) is 19.8 Å². The third-order valence-electron chi connectivity index (χ3n) is 4.71. The van der Waals surface area contributed by atoms with E-state index in [2.05, 4.69) is 17.1 Å². The van der Waals surface area contributed by atoms with Crippen molar-refractivity contribution in [2.24, 2.45) is 0 Å². The van der Waals surface area contributed by atoms with E-state index in [9.17, 15) is 9.18 Å². The molecule has 140 valence electrons. The molecule has 6 heteroatoms. The van der Waals surface area contributed by atoms with Crippen molar-refractivity contribution in [2.45, 2.75) is 32.4 Å². The van der Waals surface area contributed by atoms with E-state index in [-0.39, 0.29) is 11.7 Å². The molecule has 1 fully saturated rings. The lowest BCUT2D eigenvalue weighted by atomic mass is 10.1. The Morgan fingerprint density at radius 1 is 1.19 bits per heavy atom. The van der Waals surface area contributed by atoms with Crippen LogP contribution in [-0.4, -0.2) is 43.2 Å². The minimum atomic E-state index is -0.279. The summed E-state index contributed by atoms with van der Waals surface area (Å²) in [6.07, 6.45) is 1.31. The maximum absolute atomic E-state index is 13.0. The smallest absolute Gasteiger partial charge is 0.220 e. The molecule has 1 aromatic carbocycles. The predicted molar refractivity (Wildman–Crippen MR) is 97.0 cm³/mol. The second-order valence-corrected chi connectivity index (χ2v) is 6.59. The summed E-state index contributed by atoms with van der Waals surface area (Å²) < 4.78 is 24.1. The molecule has 0 radical (unpaired) electrons. The number of hydrogen-bond acceptors (Lipinski definition) is 4. The van der Waals surface area contributed by atoms with Crippen LogP contribution in [0.1, 0.15) is 25.5 Å². The molecule has 2 aromatic rings. The molecule has 1 atom stereocenters. The van der Waals surface area contributed by atoms with E-state index in [1.54, 1.807) is 12.1 Å². The monoisotopic (exact) mass is 360 g/mol. The molecule has 0 spiro atoms. The molecule has 26 heavy (non-hydrogen) atoms. The Balaban J connectivity index is 1.42. The van der Waals surface area contributed by atoms with Gasteiger partial charge in [0.2, 0.25) is 5.91 Å². The number of hydrogen-bond donors (Lipinski definition) is 1. The van der Waals surface area contributed by atoms with Crippen molar-refractivity contribution in [2.75, 3.05) is 26.3 Å². The summed E-state index contributed by atoms with van der Waals surface area (Å²) >= 11 is 0. The Bertz CT molecular complexity index is 708. The molecule has 0 bridgehead atoms. The van der Waals surface area contributed by atoms with Crippen LogP contribution < -0.4 is 5.32 Å². The molecule has 1 aliphatic rings. The van der Waals surface area contributed by atoms with E-state index in [0.717, 1.165) is 38.3 Å². The van der Waals surface area contributed by atoms with Crippen molar-refractivity contribution in [3.8, 4) is 11.3 Å². The molecular weight excluding hydrogens is 335 g/mol. The van der Waals surface area contributed by atoms with Crippen LogP contribution >= 0.6 is 0 Å². The average molecular weight is 360 g/mol. The van der Waals surface area contributed by atoms with Crippen molar-refractivity contribution in [3.05, 3.63) is 48.0 Å². The normalized spacial score (nSPS) is 16.4. The molecule has 1 amide bonds. The topological polar surface area (TPSA) is 54.7 Å². The number of ether oxygens (including phenoxy) is 1. The standard InChI is InChI=1S/C20H25FN2O3/c1-15(23-10-12-25-13-11-23)2-9-20(24)22-14-18-7-8-19(26-18)16-3-5-17(21)6-4-16/h3-8,15H,2,9-14H2,1H3,(H,22,24)/t15-/m0/s1. The maximum atomic E-state index is 13.0. The number of halogens is 1. The van der Waals surface area contributed by atoms with Crippen molar-refractivity contribution in [1.29, 1.82) is 0 Å². The van der Waals surface area contributed by atoms with Crippen LogP contribution in [0.15, 0.2) is 40.8 Å². The summed E-state index contributed by atoms with van der Waals surface area (Å²) in [4.78, 5) is 14.4. The fourth-order valence-corrected chi connectivity index (χ4v) is 3.06. The van der Waals surface area contributed by atoms with E-state index in [0.29, 0.717) is 30.5 Å². The summed E-state index contributed by atoms with van der Waals surface area (Å²) in [6.45, 7) is 5.91. The summed E-state index contributed by atoms with van der Waals surface area (Å²) in [5.41, 5.74) is 0.809. The van der Waals surface area contributed by atoms with Crippen molar-refractivity contribution in [3.63, 3.8) is 0 Å². The highest BCUT2D eigenvalue weighted by Crippen LogP contribution is 2.22. The summed E-state index contributed by atoms with van der Waals surface area (Å²) in [6, 6.07) is 10.2. The first-order chi connectivity index (χ1) is 12.6. The van der Waals surface area contributed by atoms with E-state index in [1.165, 1.54) is 12.1 Å². The van der Waals surface area contributed by atoms with Crippen LogP contribution in [0.2, 0.25) is 0 Å². The third-order valence-corrected chi connectivity index (χ3v) is 4.71. The minimum absolute atomic E-state index is 0.0184. The Hall–Kier alpha value is -2.18. The summed E-state index contributed by atoms with van der Waals surface area (Å²) in [7, 11) is 0. The van der Waals surface area contributed by atoms with Crippen LogP contribution in [0.5, 0.6) is 0 Å². The average Bonchev–Trinajstić information content (AvgIpc) is 3.14. The van der Waals surface area contributed by atoms with Gasteiger partial charge in [-0.3, -0.25) is 9.69 Å². The predicted octanol–water partition coefficient (Wildman–Crippen LogP) is 3.20. The third kappa shape index (κ3) is 5.16. The van der Waals surface area contributed by atoms with Crippen LogP contribution in [-0.2, 0) is 16.1 Å². The first-order valence-electron chi connectivity index (χ1n) is 9.05. The van der Waals surface area contributed by atoms with Crippen molar-refractivity contribution >= 4 is 5.91 Å². The molecule has 0 unspecified atom stereocenters. The quantitative estimate of drug-likeness (QED) is 0.824. The van der Waals surface area contributed by atoms with Gasteiger partial charge in [0.15, 0.2) is 0 Å². The number of nitrogens with one attached hydrogen (secondary N) is 1. The maximum Gasteiger partial charge on any atom is 0.220 e. The van der Waals surface area contributed by atoms with Gasteiger partial charge in [-0.25, -0.2) is 4.39 Å². The molecule has 1 saturated heterocycles. The SMILES string of the molecule is C[C@@H](CCC(=O)NCc1ccc(-c2ccc(F)cc2)o1)N1CCOCC1. The highest BCUT2D eigenvalue weighted by Gasteiger charge is 2.17. The molecule has 1 aliphatic heterocycles. The van der Waals surface area contributed by atoms with Crippen LogP contribution in [0, 0.1) is 5.82 Å². The summed E-state index contributed by atoms with van der Waals surface area (Å²) in [5.74, 6) is 1.08. The highest BCUT2D eigenvalue weighted by molar-refractivity contribution is 5.75. The first kappa shape index (κ1) is 18.6. The zero-order valence-corrected chi connectivity index (χ0v) is 15.0. The second-order valence-electron chi connectivity index (χ2n) is 6.59. The molecule has 0 aliphatic carbocycles. The number of nitrogens with zero attached hydrogens (tertiary/aromatic N) is 1. The minimum Gasteiger partial charge on any atom is -0.459 e. The van der Waals surface area contributed by atoms with Gasteiger partial charge in [-0.05, 0) is 49.7 Å². The number of benzene rings is 1. The Kier molecular flexibility index (Phi) is 6.41. The van der Waals surface area contributed by atoms with Crippen LogP contribution in [0.4, 0.5) is 4.39 Å². The van der Waals surface area contributed by atoms with E-state index in [4.69, 9.17) is 9.15 Å². The molecule has 2 heterocycles. The lowest BCUT2D eigenvalue weighted by Gasteiger charge is -2.32. The number of amides is 1. The van der Waals surface area contributed by atoms with E-state index in [1.807, 2.05) is 12.1 Å². The largest absolute Gasteiger partial charge is 0.459 e. The van der Waals surface area contributed by atoms with E-state index < -0.39 is 0 Å². The van der Waals surface area contributed by atoms with Gasteiger partial charge in [0, 0.05) is 31.1 Å². The summed E-state index contributed by atoms with van der Waals surface area (Å²) in [5, 5.41) is 2.90. The Labute approximate surface area is 153 Å². The van der Waals surface area contributed by atoms with Gasteiger partial charge in [0.25, 0.3) is 0 Å². The number of carbonyl (C=O) groups excluding carboxylic acids is 1. The zero-order chi connectivity index (χ0) is 18.4. The van der Waals surface area contributed by atoms with Crippen LogP contribution in [0.25, 0.3) is 11.3 Å². The molecular formula is C20H25FN2O3. The number of furan rings is 1. The van der Waals surface area contributed by atoms with Gasteiger partial charge in [-0.15, -0.1) is 0 Å². The van der Waals surface area contributed by atoms with E-state index >= 15 is 0 Å². The number of carbonyl (C=O) groups is 1. The lowest BCUT2D eigenvalue weighted by Crippen LogP contribution is -2.42. The molecule has 5 nitrogen and oxygen atoms in total. The van der Waals surface area contributed by atoms with Gasteiger partial charge in [-0.1, -0.05) is 0 Å². The molecule has 1 N–H and O–H groups in total. The van der Waals surface area contributed by atoms with Gasteiger partial charge in [-0.2, -0.15) is 0 Å². The van der Waals surface area contributed by atoms with Gasteiger partial charge < -0.3 is 14.5 Å². The molecule has 0 saturated carbocycles. The molecule has 3 rings (SSSR count). The zero-order valence-electron chi connectivity index (χ0n) is 15.0. The Morgan fingerprint density at radius 2 is 1.92 bits per heavy atom.